The zero-order chi connectivity index (χ0) is 16.3. The molecule has 2 atom stereocenters. The maximum atomic E-state index is 12.3. The summed E-state index contributed by atoms with van der Waals surface area (Å²) in [6.07, 6.45) is 0.872. The molecule has 2 rings (SSSR count). The van der Waals surface area contributed by atoms with Crippen LogP contribution in [0.25, 0.3) is 0 Å². The molecule has 0 radical (unpaired) electrons. The molecule has 5 heteroatoms. The molecule has 0 aliphatic carbocycles. The molecule has 0 spiro atoms. The van der Waals surface area contributed by atoms with E-state index >= 15 is 0 Å². The van der Waals surface area contributed by atoms with Gasteiger partial charge in [0.25, 0.3) is 0 Å². The maximum absolute atomic E-state index is 12.3. The van der Waals surface area contributed by atoms with Crippen LogP contribution in [0.4, 0.5) is 0 Å². The van der Waals surface area contributed by atoms with Crippen LogP contribution in [0.3, 0.4) is 0 Å². The van der Waals surface area contributed by atoms with Gasteiger partial charge in [-0.2, -0.15) is 0 Å². The molecule has 1 aromatic carbocycles. The van der Waals surface area contributed by atoms with Gasteiger partial charge in [-0.1, -0.05) is 19.9 Å². The highest BCUT2D eigenvalue weighted by Crippen LogP contribution is 2.34. The number of nitrogens with zero attached hydrogens (tertiary/aromatic N) is 1. The molecule has 1 aliphatic rings. The lowest BCUT2D eigenvalue weighted by Gasteiger charge is -2.37. The average Bonchev–Trinajstić information content (AvgIpc) is 2.52. The number of carbonyl (C=O) groups excluding carboxylic acids is 1. The van der Waals surface area contributed by atoms with Gasteiger partial charge >= 0.3 is 0 Å². The van der Waals surface area contributed by atoms with Crippen LogP contribution in [0.1, 0.15) is 31.7 Å². The number of rotatable bonds is 4. The molecular formula is C17H26N2O3. The van der Waals surface area contributed by atoms with Crippen LogP contribution in [-0.4, -0.2) is 44.2 Å². The van der Waals surface area contributed by atoms with E-state index in [1.165, 1.54) is 0 Å². The van der Waals surface area contributed by atoms with Crippen LogP contribution in [0, 0.1) is 5.92 Å². The quantitative estimate of drug-likeness (QED) is 0.924. The molecule has 1 heterocycles. The van der Waals surface area contributed by atoms with Crippen molar-refractivity contribution in [2.75, 3.05) is 27.3 Å². The van der Waals surface area contributed by atoms with Gasteiger partial charge in [-0.25, -0.2) is 0 Å². The molecule has 0 bridgehead atoms. The summed E-state index contributed by atoms with van der Waals surface area (Å²) in [5.74, 6) is 1.81. The topological polar surface area (TPSA) is 64.8 Å². The third-order valence-electron chi connectivity index (χ3n) is 4.17. The number of piperidine rings is 1. The van der Waals surface area contributed by atoms with Crippen molar-refractivity contribution in [2.45, 2.75) is 32.2 Å². The van der Waals surface area contributed by atoms with Crippen LogP contribution < -0.4 is 15.2 Å². The molecule has 0 saturated carbocycles. The second-order valence-corrected chi connectivity index (χ2v) is 6.21. The molecule has 122 valence electrons. The molecule has 1 saturated heterocycles. The third-order valence-corrected chi connectivity index (χ3v) is 4.17. The number of carbonyl (C=O) groups is 1. The highest BCUT2D eigenvalue weighted by atomic mass is 16.5. The number of amides is 1. The lowest BCUT2D eigenvalue weighted by Crippen LogP contribution is -2.49. The van der Waals surface area contributed by atoms with Gasteiger partial charge in [0.05, 0.1) is 14.2 Å². The van der Waals surface area contributed by atoms with E-state index < -0.39 is 0 Å². The summed E-state index contributed by atoms with van der Waals surface area (Å²) in [5.41, 5.74) is 7.30. The molecule has 2 unspecified atom stereocenters. The summed E-state index contributed by atoms with van der Waals surface area (Å²) >= 11 is 0. The van der Waals surface area contributed by atoms with Crippen LogP contribution in [-0.2, 0) is 4.79 Å². The summed E-state index contributed by atoms with van der Waals surface area (Å²) < 4.78 is 10.6. The monoisotopic (exact) mass is 306 g/mol. The minimum absolute atomic E-state index is 0.00338. The number of likely N-dealkylation sites (tertiary alicyclic amines) is 1. The predicted molar refractivity (Wildman–Crippen MR) is 86.3 cm³/mol. The summed E-state index contributed by atoms with van der Waals surface area (Å²) in [6, 6.07) is 5.93. The normalized spacial score (nSPS) is 21.8. The molecule has 2 N–H and O–H groups in total. The van der Waals surface area contributed by atoms with Gasteiger partial charge in [-0.05, 0) is 24.1 Å². The molecular weight excluding hydrogens is 280 g/mol. The van der Waals surface area contributed by atoms with Crippen molar-refractivity contribution in [3.05, 3.63) is 23.8 Å². The summed E-state index contributed by atoms with van der Waals surface area (Å²) in [6.45, 7) is 5.20. The Hall–Kier alpha value is -1.75. The second-order valence-electron chi connectivity index (χ2n) is 6.21. The highest BCUT2D eigenvalue weighted by molar-refractivity contribution is 5.78. The first-order valence-electron chi connectivity index (χ1n) is 7.72. The maximum Gasteiger partial charge on any atom is 0.225 e. The van der Waals surface area contributed by atoms with Crippen molar-refractivity contribution in [1.29, 1.82) is 0 Å². The van der Waals surface area contributed by atoms with Gasteiger partial charge in [-0.3, -0.25) is 4.79 Å². The van der Waals surface area contributed by atoms with Gasteiger partial charge in [-0.15, -0.1) is 0 Å². The number of nitrogens with two attached hydrogens (primary N) is 1. The zero-order valence-corrected chi connectivity index (χ0v) is 13.8. The van der Waals surface area contributed by atoms with E-state index in [9.17, 15) is 4.79 Å². The number of hydrogen-bond acceptors (Lipinski definition) is 4. The van der Waals surface area contributed by atoms with E-state index in [2.05, 4.69) is 0 Å². The first kappa shape index (κ1) is 16.6. The number of methoxy groups -OCH3 is 2. The van der Waals surface area contributed by atoms with Gasteiger partial charge in [0.2, 0.25) is 5.91 Å². The van der Waals surface area contributed by atoms with Crippen LogP contribution in [0.2, 0.25) is 0 Å². The average molecular weight is 306 g/mol. The molecule has 5 nitrogen and oxygen atoms in total. The van der Waals surface area contributed by atoms with Crippen molar-refractivity contribution >= 4 is 5.91 Å². The Morgan fingerprint density at radius 1 is 1.23 bits per heavy atom. The van der Waals surface area contributed by atoms with Crippen LogP contribution in [0.15, 0.2) is 18.2 Å². The minimum atomic E-state index is -0.00338. The minimum Gasteiger partial charge on any atom is -0.493 e. The first-order chi connectivity index (χ1) is 10.5. The largest absolute Gasteiger partial charge is 0.493 e. The van der Waals surface area contributed by atoms with Crippen molar-refractivity contribution in [1.82, 2.24) is 4.90 Å². The second kappa shape index (κ2) is 7.01. The molecule has 1 fully saturated rings. The Balaban J connectivity index is 2.22. The van der Waals surface area contributed by atoms with Crippen LogP contribution >= 0.6 is 0 Å². The van der Waals surface area contributed by atoms with E-state index in [1.54, 1.807) is 14.2 Å². The van der Waals surface area contributed by atoms with Crippen molar-refractivity contribution < 1.29 is 14.3 Å². The molecule has 1 aliphatic heterocycles. The summed E-state index contributed by atoms with van der Waals surface area (Å²) in [5, 5.41) is 0. The van der Waals surface area contributed by atoms with E-state index in [1.807, 2.05) is 36.9 Å². The lowest BCUT2D eigenvalue weighted by molar-refractivity contribution is -0.136. The number of hydrogen-bond donors (Lipinski definition) is 1. The van der Waals surface area contributed by atoms with Gasteiger partial charge in [0.1, 0.15) is 0 Å². The van der Waals surface area contributed by atoms with Crippen LogP contribution in [0.5, 0.6) is 11.5 Å². The van der Waals surface area contributed by atoms with Gasteiger partial charge in [0, 0.05) is 31.0 Å². The first-order valence-corrected chi connectivity index (χ1v) is 7.72. The highest BCUT2D eigenvalue weighted by Gasteiger charge is 2.30. The van der Waals surface area contributed by atoms with Crippen molar-refractivity contribution in [3.8, 4) is 11.5 Å². The van der Waals surface area contributed by atoms with E-state index in [0.717, 1.165) is 12.0 Å². The van der Waals surface area contributed by atoms with E-state index in [-0.39, 0.29) is 23.8 Å². The Kier molecular flexibility index (Phi) is 5.29. The number of benzene rings is 1. The van der Waals surface area contributed by atoms with Gasteiger partial charge < -0.3 is 20.1 Å². The Morgan fingerprint density at radius 3 is 2.50 bits per heavy atom. The fraction of sp³-hybridized carbons (Fsp3) is 0.588. The zero-order valence-electron chi connectivity index (χ0n) is 13.8. The Bertz CT molecular complexity index is 531. The predicted octanol–water partition coefficient (Wildman–Crippen LogP) is 2.00. The third kappa shape index (κ3) is 3.53. The fourth-order valence-corrected chi connectivity index (χ4v) is 3.03. The Labute approximate surface area is 132 Å². The van der Waals surface area contributed by atoms with Crippen molar-refractivity contribution in [3.63, 3.8) is 0 Å². The summed E-state index contributed by atoms with van der Waals surface area (Å²) in [7, 11) is 3.25. The Morgan fingerprint density at radius 2 is 1.91 bits per heavy atom. The molecule has 0 aromatic heterocycles. The smallest absolute Gasteiger partial charge is 0.225 e. The standard InChI is InChI=1S/C17H26N2O3/c1-11(2)17(20)19-9-13(7-14(18)10-19)12-5-6-15(21-3)16(8-12)22-4/h5-6,8,11,13-14H,7,9-10,18H2,1-4H3. The SMILES string of the molecule is COc1ccc(C2CC(N)CN(C(=O)C(C)C)C2)cc1OC. The molecule has 22 heavy (non-hydrogen) atoms. The van der Waals surface area contributed by atoms with Gasteiger partial charge in [0.15, 0.2) is 11.5 Å². The van der Waals surface area contributed by atoms with E-state index in [4.69, 9.17) is 15.2 Å². The molecule has 1 amide bonds. The lowest BCUT2D eigenvalue weighted by atomic mass is 9.87. The number of ether oxygens (including phenoxy) is 2. The van der Waals surface area contributed by atoms with Crippen molar-refractivity contribution in [2.24, 2.45) is 11.7 Å². The van der Waals surface area contributed by atoms with E-state index in [0.29, 0.717) is 24.6 Å². The summed E-state index contributed by atoms with van der Waals surface area (Å²) in [4.78, 5) is 14.2. The molecule has 1 aromatic rings. The fourth-order valence-electron chi connectivity index (χ4n) is 3.03.